The molecular formula is C20H16ClFN2O2S. The highest BCUT2D eigenvalue weighted by atomic mass is 35.5. The number of thiophene rings is 1. The number of hydrogen-bond acceptors (Lipinski definition) is 3. The molecule has 7 heteroatoms. The zero-order valence-electron chi connectivity index (χ0n) is 14.4. The van der Waals surface area contributed by atoms with Gasteiger partial charge in [-0.25, -0.2) is 4.39 Å². The van der Waals surface area contributed by atoms with Crippen molar-refractivity contribution in [2.75, 3.05) is 13.1 Å². The number of amides is 1. The molecule has 5 rings (SSSR count). The molecule has 0 bridgehead atoms. The van der Waals surface area contributed by atoms with E-state index in [-0.39, 0.29) is 23.0 Å². The van der Waals surface area contributed by atoms with Crippen molar-refractivity contribution in [1.82, 2.24) is 9.47 Å². The molecule has 1 aromatic carbocycles. The number of carbonyl (C=O) groups excluding carboxylic acids is 1. The van der Waals surface area contributed by atoms with E-state index < -0.39 is 5.82 Å². The van der Waals surface area contributed by atoms with Gasteiger partial charge in [-0.3, -0.25) is 9.59 Å². The molecule has 2 aromatic heterocycles. The topological polar surface area (TPSA) is 42.3 Å². The number of fused-ring (bicyclic) bond motifs is 1. The summed E-state index contributed by atoms with van der Waals surface area (Å²) in [6.45, 7) is 1.69. The molecule has 1 aliphatic carbocycles. The Morgan fingerprint density at radius 3 is 2.74 bits per heavy atom. The first kappa shape index (κ1) is 17.0. The number of pyridine rings is 1. The van der Waals surface area contributed by atoms with Crippen LogP contribution in [0, 0.1) is 11.2 Å². The number of benzene rings is 1. The fraction of sp³-hybridized carbons (Fsp3) is 0.300. The summed E-state index contributed by atoms with van der Waals surface area (Å²) in [6.07, 6.45) is 4.09. The molecule has 138 valence electrons. The van der Waals surface area contributed by atoms with Gasteiger partial charge in [-0.1, -0.05) is 17.7 Å². The van der Waals surface area contributed by atoms with Gasteiger partial charge in [0.05, 0.1) is 10.4 Å². The standard InChI is InChI=1S/C20H16ClFN2O2S/c21-14-7-12(1-2-15(14)22)13-9-27-16-3-6-23(19(26)18(13)16)8-17(25)24-10-20(11-24)4-5-20/h1-3,6-7,9H,4-5,8,10-11H2. The Bertz CT molecular complexity index is 1140. The van der Waals surface area contributed by atoms with Crippen LogP contribution in [0.5, 0.6) is 0 Å². The maximum absolute atomic E-state index is 13.5. The summed E-state index contributed by atoms with van der Waals surface area (Å²) < 4.78 is 15.8. The second kappa shape index (κ2) is 5.91. The Kier molecular flexibility index (Phi) is 3.71. The number of aromatic nitrogens is 1. The first-order valence-electron chi connectivity index (χ1n) is 8.80. The van der Waals surface area contributed by atoms with E-state index in [1.54, 1.807) is 12.3 Å². The third-order valence-corrected chi connectivity index (χ3v) is 6.84. The second-order valence-corrected chi connectivity index (χ2v) is 8.83. The van der Waals surface area contributed by atoms with Crippen LogP contribution in [0.3, 0.4) is 0 Å². The molecular weight excluding hydrogens is 387 g/mol. The molecule has 1 saturated heterocycles. The number of likely N-dealkylation sites (tertiary alicyclic amines) is 1. The minimum atomic E-state index is -0.494. The third kappa shape index (κ3) is 2.78. The molecule has 1 amide bonds. The predicted molar refractivity (Wildman–Crippen MR) is 105 cm³/mol. The lowest BCUT2D eigenvalue weighted by Crippen LogP contribution is -2.52. The monoisotopic (exact) mass is 402 g/mol. The van der Waals surface area contributed by atoms with Gasteiger partial charge in [0, 0.05) is 40.3 Å². The van der Waals surface area contributed by atoms with E-state index in [0.717, 1.165) is 17.8 Å². The lowest BCUT2D eigenvalue weighted by atomic mass is 9.97. The maximum Gasteiger partial charge on any atom is 0.260 e. The number of hydrogen-bond donors (Lipinski definition) is 0. The van der Waals surface area contributed by atoms with Crippen LogP contribution in [0.15, 0.2) is 40.6 Å². The Balaban J connectivity index is 1.49. The normalized spacial score (nSPS) is 17.3. The lowest BCUT2D eigenvalue weighted by Gasteiger charge is -2.40. The van der Waals surface area contributed by atoms with Crippen molar-refractivity contribution in [1.29, 1.82) is 0 Å². The molecule has 0 N–H and O–H groups in total. The Morgan fingerprint density at radius 2 is 2.04 bits per heavy atom. The van der Waals surface area contributed by atoms with Gasteiger partial charge in [-0.15, -0.1) is 11.3 Å². The van der Waals surface area contributed by atoms with E-state index in [2.05, 4.69) is 0 Å². The van der Waals surface area contributed by atoms with Crippen LogP contribution >= 0.6 is 22.9 Å². The van der Waals surface area contributed by atoms with E-state index >= 15 is 0 Å². The highest BCUT2D eigenvalue weighted by molar-refractivity contribution is 7.17. The average Bonchev–Trinajstić information content (AvgIpc) is 3.31. The highest BCUT2D eigenvalue weighted by Gasteiger charge is 2.53. The molecule has 2 aliphatic rings. The summed E-state index contributed by atoms with van der Waals surface area (Å²) in [4.78, 5) is 27.3. The molecule has 0 radical (unpaired) electrons. The van der Waals surface area contributed by atoms with Gasteiger partial charge in [0.2, 0.25) is 5.91 Å². The molecule has 1 spiro atoms. The number of halogens is 2. The lowest BCUT2D eigenvalue weighted by molar-refractivity contribution is -0.139. The van der Waals surface area contributed by atoms with Crippen molar-refractivity contribution in [3.8, 4) is 11.1 Å². The smallest absolute Gasteiger partial charge is 0.260 e. The van der Waals surface area contributed by atoms with E-state index in [9.17, 15) is 14.0 Å². The fourth-order valence-corrected chi connectivity index (χ4v) is 4.90. The SMILES string of the molecule is O=C(Cn1ccc2scc(-c3ccc(F)c(Cl)c3)c2c1=O)N1CC2(CC2)C1. The minimum absolute atomic E-state index is 0.0180. The summed E-state index contributed by atoms with van der Waals surface area (Å²) in [6, 6.07) is 6.28. The van der Waals surface area contributed by atoms with Crippen LogP contribution in [-0.4, -0.2) is 28.5 Å². The quantitative estimate of drug-likeness (QED) is 0.660. The molecule has 3 aromatic rings. The third-order valence-electron chi connectivity index (χ3n) is 5.60. The van der Waals surface area contributed by atoms with Crippen molar-refractivity contribution in [2.45, 2.75) is 19.4 Å². The van der Waals surface area contributed by atoms with Crippen molar-refractivity contribution in [2.24, 2.45) is 5.41 Å². The van der Waals surface area contributed by atoms with Crippen LogP contribution in [0.1, 0.15) is 12.8 Å². The van der Waals surface area contributed by atoms with Crippen LogP contribution in [0.4, 0.5) is 4.39 Å². The van der Waals surface area contributed by atoms with Crippen molar-refractivity contribution in [3.05, 3.63) is 57.0 Å². The van der Waals surface area contributed by atoms with Gasteiger partial charge in [0.25, 0.3) is 5.56 Å². The first-order chi connectivity index (χ1) is 13.0. The number of carbonyl (C=O) groups is 1. The fourth-order valence-electron chi connectivity index (χ4n) is 3.76. The van der Waals surface area contributed by atoms with Crippen LogP contribution < -0.4 is 5.56 Å². The maximum atomic E-state index is 13.5. The van der Waals surface area contributed by atoms with Crippen LogP contribution in [0.25, 0.3) is 21.2 Å². The van der Waals surface area contributed by atoms with Gasteiger partial charge in [-0.2, -0.15) is 0 Å². The van der Waals surface area contributed by atoms with Crippen molar-refractivity contribution >= 4 is 38.9 Å². The van der Waals surface area contributed by atoms with E-state index in [0.29, 0.717) is 21.9 Å². The molecule has 3 heterocycles. The van der Waals surface area contributed by atoms with Gasteiger partial charge >= 0.3 is 0 Å². The van der Waals surface area contributed by atoms with Gasteiger partial charge < -0.3 is 9.47 Å². The molecule has 1 saturated carbocycles. The average molecular weight is 403 g/mol. The summed E-state index contributed by atoms with van der Waals surface area (Å²) in [7, 11) is 0. The van der Waals surface area contributed by atoms with E-state index in [4.69, 9.17) is 11.6 Å². The molecule has 27 heavy (non-hydrogen) atoms. The number of rotatable bonds is 3. The van der Waals surface area contributed by atoms with Crippen molar-refractivity contribution < 1.29 is 9.18 Å². The molecule has 0 atom stereocenters. The first-order valence-corrected chi connectivity index (χ1v) is 10.1. The van der Waals surface area contributed by atoms with E-state index in [1.807, 2.05) is 16.3 Å². The van der Waals surface area contributed by atoms with Gasteiger partial charge in [0.15, 0.2) is 0 Å². The van der Waals surface area contributed by atoms with Crippen molar-refractivity contribution in [3.63, 3.8) is 0 Å². The highest BCUT2D eigenvalue weighted by Crippen LogP contribution is 2.52. The largest absolute Gasteiger partial charge is 0.340 e. The van der Waals surface area contributed by atoms with Gasteiger partial charge in [-0.05, 0) is 36.6 Å². The van der Waals surface area contributed by atoms with Crippen LogP contribution in [0.2, 0.25) is 5.02 Å². The Labute approximate surface area is 163 Å². The number of nitrogens with zero attached hydrogens (tertiary/aromatic N) is 2. The molecule has 1 aliphatic heterocycles. The Morgan fingerprint density at radius 1 is 1.26 bits per heavy atom. The zero-order chi connectivity index (χ0) is 18.8. The minimum Gasteiger partial charge on any atom is -0.340 e. The van der Waals surface area contributed by atoms with E-state index in [1.165, 1.54) is 40.9 Å². The molecule has 2 fully saturated rings. The molecule has 0 unspecified atom stereocenters. The Hall–Kier alpha value is -2.18. The summed E-state index contributed by atoms with van der Waals surface area (Å²) in [5.74, 6) is -0.512. The zero-order valence-corrected chi connectivity index (χ0v) is 15.9. The predicted octanol–water partition coefficient (Wildman–Crippen LogP) is 4.14. The summed E-state index contributed by atoms with van der Waals surface area (Å²) in [5.41, 5.74) is 1.59. The van der Waals surface area contributed by atoms with Gasteiger partial charge in [0.1, 0.15) is 12.4 Å². The van der Waals surface area contributed by atoms with Crippen LogP contribution in [-0.2, 0) is 11.3 Å². The summed E-state index contributed by atoms with van der Waals surface area (Å²) >= 11 is 7.35. The second-order valence-electron chi connectivity index (χ2n) is 7.52. The summed E-state index contributed by atoms with van der Waals surface area (Å²) in [5, 5.41) is 2.43. The molecule has 4 nitrogen and oxygen atoms in total.